The average Bonchev–Trinajstić information content (AvgIpc) is 3.04. The molecule has 1 aromatic carbocycles. The summed E-state index contributed by atoms with van der Waals surface area (Å²) in [6, 6.07) is 4.18. The van der Waals surface area contributed by atoms with Crippen LogP contribution in [0.4, 0.5) is 11.6 Å². The molecule has 0 saturated heterocycles. The van der Waals surface area contributed by atoms with Gasteiger partial charge in [0.25, 0.3) is 0 Å². The Bertz CT molecular complexity index is 738. The fourth-order valence-electron chi connectivity index (χ4n) is 2.74. The lowest BCUT2D eigenvalue weighted by Gasteiger charge is -2.03. The van der Waals surface area contributed by atoms with Crippen LogP contribution in [0.5, 0.6) is 0 Å². The van der Waals surface area contributed by atoms with Gasteiger partial charge in [-0.05, 0) is 12.1 Å². The zero-order valence-corrected chi connectivity index (χ0v) is 12.0. The highest BCUT2D eigenvalue weighted by Gasteiger charge is 2.27. The third kappa shape index (κ3) is 1.51. The number of benzene rings is 1. The maximum Gasteiger partial charge on any atom is 0.135 e. The minimum Gasteiger partial charge on any atom is -0.374 e. The van der Waals surface area contributed by atoms with Gasteiger partial charge in [0.1, 0.15) is 23.3 Å². The number of rotatable bonds is 2. The summed E-state index contributed by atoms with van der Waals surface area (Å²) in [5.74, 6) is 3.67. The second-order valence-corrected chi connectivity index (χ2v) is 4.56. The van der Waals surface area contributed by atoms with E-state index in [1.165, 1.54) is 0 Å². The Kier molecular flexibility index (Phi) is 2.85. The van der Waals surface area contributed by atoms with Crippen LogP contribution in [-0.2, 0) is 0 Å². The maximum atomic E-state index is 4.35. The molecule has 2 heterocycles. The summed E-state index contributed by atoms with van der Waals surface area (Å²) in [7, 11) is 7.38. The van der Waals surface area contributed by atoms with Crippen molar-refractivity contribution in [3.05, 3.63) is 23.3 Å². The fourth-order valence-corrected chi connectivity index (χ4v) is 2.74. The van der Waals surface area contributed by atoms with Gasteiger partial charge < -0.3 is 20.9 Å². The highest BCUT2D eigenvalue weighted by molar-refractivity contribution is 6.31. The second-order valence-electron chi connectivity index (χ2n) is 4.56. The number of H-pyrrole nitrogens is 1. The van der Waals surface area contributed by atoms with Gasteiger partial charge in [0.2, 0.25) is 0 Å². The SMILES string of the molecule is CN=C1NC(=NC)c2c1ccc1c(NC)[nH]c(NC)c21. The van der Waals surface area contributed by atoms with E-state index < -0.39 is 0 Å². The maximum absolute atomic E-state index is 4.35. The lowest BCUT2D eigenvalue weighted by Crippen LogP contribution is -2.22. The number of nitrogens with one attached hydrogen (secondary N) is 4. The normalized spacial score (nSPS) is 17.6. The fraction of sp³-hybridized carbons (Fsp3) is 0.286. The molecule has 2 aromatic rings. The molecule has 0 fully saturated rings. The first-order valence-corrected chi connectivity index (χ1v) is 6.50. The first kappa shape index (κ1) is 12.5. The van der Waals surface area contributed by atoms with Crippen molar-refractivity contribution in [2.24, 2.45) is 9.98 Å². The van der Waals surface area contributed by atoms with E-state index in [9.17, 15) is 0 Å². The zero-order chi connectivity index (χ0) is 14.3. The molecule has 104 valence electrons. The summed E-state index contributed by atoms with van der Waals surface area (Å²) >= 11 is 0. The molecule has 0 aliphatic carbocycles. The molecule has 1 aliphatic rings. The van der Waals surface area contributed by atoms with Crippen molar-refractivity contribution in [1.29, 1.82) is 0 Å². The molecule has 0 atom stereocenters. The first-order valence-electron chi connectivity index (χ1n) is 6.50. The molecule has 3 rings (SSSR count). The molecule has 0 spiro atoms. The van der Waals surface area contributed by atoms with E-state index in [0.29, 0.717) is 0 Å². The number of fused-ring (bicyclic) bond motifs is 3. The number of hydrogen-bond donors (Lipinski definition) is 4. The molecule has 6 nitrogen and oxygen atoms in total. The molecular formula is C14H18N6. The summed E-state index contributed by atoms with van der Waals surface area (Å²) < 4.78 is 0. The van der Waals surface area contributed by atoms with Gasteiger partial charge in [-0.2, -0.15) is 0 Å². The number of aliphatic imine (C=N–C) groups is 2. The van der Waals surface area contributed by atoms with Crippen LogP contribution >= 0.6 is 0 Å². The van der Waals surface area contributed by atoms with Crippen molar-refractivity contribution in [2.45, 2.75) is 0 Å². The van der Waals surface area contributed by atoms with Gasteiger partial charge >= 0.3 is 0 Å². The molecule has 1 aromatic heterocycles. The van der Waals surface area contributed by atoms with Crippen molar-refractivity contribution < 1.29 is 0 Å². The standard InChI is InChI=1S/C14H18N6/c1-15-11-7-5-6-8-10(9(7)13(17-3)19-11)14(18-4)20-12(8)16-2/h5-6,15,17,19H,1-4H3,(H,16,18,20). The third-order valence-electron chi connectivity index (χ3n) is 3.65. The van der Waals surface area contributed by atoms with Crippen LogP contribution in [0.1, 0.15) is 11.1 Å². The minimum atomic E-state index is 0.851. The van der Waals surface area contributed by atoms with Crippen LogP contribution in [0.3, 0.4) is 0 Å². The van der Waals surface area contributed by atoms with Gasteiger partial charge in [0.05, 0.1) is 0 Å². The Morgan fingerprint density at radius 1 is 0.950 bits per heavy atom. The Morgan fingerprint density at radius 2 is 1.65 bits per heavy atom. The van der Waals surface area contributed by atoms with Gasteiger partial charge in [-0.1, -0.05) is 0 Å². The van der Waals surface area contributed by atoms with Crippen LogP contribution in [-0.4, -0.2) is 44.8 Å². The van der Waals surface area contributed by atoms with Gasteiger partial charge in [-0.3, -0.25) is 9.98 Å². The Hall–Kier alpha value is -2.50. The van der Waals surface area contributed by atoms with Crippen molar-refractivity contribution in [2.75, 3.05) is 38.8 Å². The Labute approximate surface area is 117 Å². The topological polar surface area (TPSA) is 76.6 Å². The number of hydrogen-bond acceptors (Lipinski definition) is 4. The quantitative estimate of drug-likeness (QED) is 0.669. The number of amidine groups is 2. The van der Waals surface area contributed by atoms with Gasteiger partial charge in [-0.15, -0.1) is 0 Å². The summed E-state index contributed by atoms with van der Waals surface area (Å²) in [4.78, 5) is 12.0. The first-order chi connectivity index (χ1) is 9.74. The zero-order valence-electron chi connectivity index (χ0n) is 12.0. The number of anilines is 2. The average molecular weight is 270 g/mol. The molecule has 0 bridgehead atoms. The predicted octanol–water partition coefficient (Wildman–Crippen LogP) is 1.61. The van der Waals surface area contributed by atoms with Crippen molar-refractivity contribution in [3.8, 4) is 0 Å². The van der Waals surface area contributed by atoms with E-state index in [1.807, 2.05) is 14.1 Å². The van der Waals surface area contributed by atoms with E-state index >= 15 is 0 Å². The summed E-state index contributed by atoms with van der Waals surface area (Å²) in [6.07, 6.45) is 0. The molecule has 0 radical (unpaired) electrons. The molecular weight excluding hydrogens is 252 g/mol. The summed E-state index contributed by atoms with van der Waals surface area (Å²) in [5, 5.41) is 11.9. The highest BCUT2D eigenvalue weighted by atomic mass is 15.1. The van der Waals surface area contributed by atoms with Crippen molar-refractivity contribution in [1.82, 2.24) is 10.3 Å². The molecule has 6 heteroatoms. The molecule has 20 heavy (non-hydrogen) atoms. The number of aromatic amines is 1. The lowest BCUT2D eigenvalue weighted by molar-refractivity contribution is 1.29. The van der Waals surface area contributed by atoms with Crippen LogP contribution < -0.4 is 16.0 Å². The number of aromatic nitrogens is 1. The predicted molar refractivity (Wildman–Crippen MR) is 85.4 cm³/mol. The summed E-state index contributed by atoms with van der Waals surface area (Å²) in [5.41, 5.74) is 2.17. The number of nitrogens with zero attached hydrogens (tertiary/aromatic N) is 2. The van der Waals surface area contributed by atoms with E-state index in [0.717, 1.165) is 45.2 Å². The Morgan fingerprint density at radius 3 is 2.25 bits per heavy atom. The van der Waals surface area contributed by atoms with E-state index in [1.54, 1.807) is 14.1 Å². The monoisotopic (exact) mass is 270 g/mol. The lowest BCUT2D eigenvalue weighted by atomic mass is 10.0. The van der Waals surface area contributed by atoms with Gasteiger partial charge in [-0.25, -0.2) is 0 Å². The largest absolute Gasteiger partial charge is 0.374 e. The molecule has 0 amide bonds. The molecule has 0 unspecified atom stereocenters. The van der Waals surface area contributed by atoms with Crippen LogP contribution in [0.15, 0.2) is 22.1 Å². The van der Waals surface area contributed by atoms with Crippen molar-refractivity contribution >= 4 is 34.1 Å². The van der Waals surface area contributed by atoms with Gasteiger partial charge in [0, 0.05) is 50.1 Å². The van der Waals surface area contributed by atoms with Crippen LogP contribution in [0, 0.1) is 0 Å². The summed E-state index contributed by atoms with van der Waals surface area (Å²) in [6.45, 7) is 0. The third-order valence-corrected chi connectivity index (χ3v) is 3.65. The van der Waals surface area contributed by atoms with E-state index in [-0.39, 0.29) is 0 Å². The van der Waals surface area contributed by atoms with Crippen LogP contribution in [0.2, 0.25) is 0 Å². The minimum absolute atomic E-state index is 0.851. The second kappa shape index (κ2) is 4.56. The molecule has 4 N–H and O–H groups in total. The highest BCUT2D eigenvalue weighted by Crippen LogP contribution is 2.36. The molecule has 0 saturated carbocycles. The van der Waals surface area contributed by atoms with Crippen LogP contribution in [0.25, 0.3) is 10.8 Å². The van der Waals surface area contributed by atoms with E-state index in [2.05, 4.69) is 43.1 Å². The molecule has 1 aliphatic heterocycles. The smallest absolute Gasteiger partial charge is 0.135 e. The van der Waals surface area contributed by atoms with Crippen molar-refractivity contribution in [3.63, 3.8) is 0 Å². The van der Waals surface area contributed by atoms with Gasteiger partial charge in [0.15, 0.2) is 0 Å². The van der Waals surface area contributed by atoms with E-state index in [4.69, 9.17) is 0 Å². The Balaban J connectivity index is 2.44.